The van der Waals surface area contributed by atoms with Crippen molar-refractivity contribution in [3.8, 4) is 22.9 Å². The van der Waals surface area contributed by atoms with Gasteiger partial charge in [0.25, 0.3) is 0 Å². The minimum Gasteiger partial charge on any atom is -0.493 e. The number of hydrogen-bond donors (Lipinski definition) is 1. The summed E-state index contributed by atoms with van der Waals surface area (Å²) in [5, 5.41) is 16.1. The van der Waals surface area contributed by atoms with E-state index in [1.54, 1.807) is 37.8 Å². The Hall–Kier alpha value is -2.49. The van der Waals surface area contributed by atoms with Gasteiger partial charge in [-0.3, -0.25) is 0 Å². The van der Waals surface area contributed by atoms with E-state index in [-0.39, 0.29) is 12.4 Å². The Labute approximate surface area is 180 Å². The molecule has 0 spiro atoms. The summed E-state index contributed by atoms with van der Waals surface area (Å²) in [6.45, 7) is 1.43. The number of methoxy groups -OCH3 is 3. The predicted molar refractivity (Wildman–Crippen MR) is 115 cm³/mol. The van der Waals surface area contributed by atoms with E-state index in [1.165, 1.54) is 0 Å². The predicted octanol–water partition coefficient (Wildman–Crippen LogP) is 2.99. The second kappa shape index (κ2) is 11.5. The van der Waals surface area contributed by atoms with E-state index in [4.69, 9.17) is 14.2 Å². The topological polar surface area (TPSA) is 83.3 Å². The number of hydrogen-bond acceptors (Lipinski definition) is 8. The van der Waals surface area contributed by atoms with Crippen LogP contribution in [0.1, 0.15) is 5.56 Å². The monoisotopic (exact) mass is 437 g/mol. The van der Waals surface area contributed by atoms with Crippen molar-refractivity contribution in [3.63, 3.8) is 0 Å². The SMILES string of the molecule is COc1ccc(CNCCSc2nnnn2-c2ccccc2)c(OC)c1OC.Cl. The second-order valence-corrected chi connectivity index (χ2v) is 6.79. The van der Waals surface area contributed by atoms with Crippen LogP contribution in [-0.2, 0) is 6.54 Å². The van der Waals surface area contributed by atoms with Crippen LogP contribution in [0.5, 0.6) is 17.2 Å². The lowest BCUT2D eigenvalue weighted by molar-refractivity contribution is 0.321. The first-order valence-corrected chi connectivity index (χ1v) is 9.72. The van der Waals surface area contributed by atoms with Gasteiger partial charge in [-0.25, -0.2) is 0 Å². The number of nitrogens with one attached hydrogen (secondary N) is 1. The summed E-state index contributed by atoms with van der Waals surface area (Å²) in [6, 6.07) is 13.7. The molecular weight excluding hydrogens is 414 g/mol. The minimum absolute atomic E-state index is 0. The van der Waals surface area contributed by atoms with Crippen molar-refractivity contribution >= 4 is 24.2 Å². The van der Waals surface area contributed by atoms with Gasteiger partial charge in [0.2, 0.25) is 10.9 Å². The van der Waals surface area contributed by atoms with Gasteiger partial charge in [-0.15, -0.1) is 17.5 Å². The third-order valence-corrected chi connectivity index (χ3v) is 4.97. The molecule has 0 radical (unpaired) electrons. The van der Waals surface area contributed by atoms with Crippen LogP contribution >= 0.6 is 24.2 Å². The number of para-hydroxylation sites is 1. The van der Waals surface area contributed by atoms with Gasteiger partial charge in [0.15, 0.2) is 11.5 Å². The van der Waals surface area contributed by atoms with E-state index in [1.807, 2.05) is 42.5 Å². The summed E-state index contributed by atoms with van der Waals surface area (Å²) in [5.41, 5.74) is 1.94. The molecule has 29 heavy (non-hydrogen) atoms. The fourth-order valence-electron chi connectivity index (χ4n) is 2.74. The van der Waals surface area contributed by atoms with Crippen LogP contribution < -0.4 is 19.5 Å². The Kier molecular flexibility index (Phi) is 9.04. The number of aromatic nitrogens is 4. The van der Waals surface area contributed by atoms with Gasteiger partial charge < -0.3 is 19.5 Å². The summed E-state index contributed by atoms with van der Waals surface area (Å²) in [5.74, 6) is 2.74. The highest BCUT2D eigenvalue weighted by Gasteiger charge is 2.15. The van der Waals surface area contributed by atoms with Crippen molar-refractivity contribution in [1.29, 1.82) is 0 Å². The number of halogens is 1. The molecule has 0 fully saturated rings. The van der Waals surface area contributed by atoms with E-state index >= 15 is 0 Å². The average Bonchev–Trinajstić information content (AvgIpc) is 3.22. The highest BCUT2D eigenvalue weighted by Crippen LogP contribution is 2.39. The number of ether oxygens (including phenoxy) is 3. The van der Waals surface area contributed by atoms with Gasteiger partial charge in [0.05, 0.1) is 27.0 Å². The van der Waals surface area contributed by atoms with E-state index in [2.05, 4.69) is 20.8 Å². The third-order valence-electron chi connectivity index (χ3n) is 4.05. The van der Waals surface area contributed by atoms with Gasteiger partial charge in [-0.1, -0.05) is 36.0 Å². The molecule has 0 saturated carbocycles. The zero-order valence-corrected chi connectivity index (χ0v) is 18.1. The van der Waals surface area contributed by atoms with Crippen molar-refractivity contribution in [3.05, 3.63) is 48.0 Å². The van der Waals surface area contributed by atoms with E-state index in [0.29, 0.717) is 23.8 Å². The van der Waals surface area contributed by atoms with Crippen molar-refractivity contribution in [1.82, 2.24) is 25.5 Å². The zero-order valence-electron chi connectivity index (χ0n) is 16.5. The van der Waals surface area contributed by atoms with Gasteiger partial charge in [0, 0.05) is 24.4 Å². The minimum atomic E-state index is 0. The second-order valence-electron chi connectivity index (χ2n) is 5.73. The molecule has 1 N–H and O–H groups in total. The molecule has 0 aliphatic rings. The van der Waals surface area contributed by atoms with Crippen LogP contribution in [0.3, 0.4) is 0 Å². The molecule has 8 nitrogen and oxygen atoms in total. The Morgan fingerprint density at radius 2 is 1.72 bits per heavy atom. The van der Waals surface area contributed by atoms with Gasteiger partial charge in [-0.2, -0.15) is 4.68 Å². The van der Waals surface area contributed by atoms with Gasteiger partial charge >= 0.3 is 0 Å². The van der Waals surface area contributed by atoms with Gasteiger partial charge in [-0.05, 0) is 28.6 Å². The van der Waals surface area contributed by atoms with E-state index < -0.39 is 0 Å². The fraction of sp³-hybridized carbons (Fsp3) is 0.316. The summed E-state index contributed by atoms with van der Waals surface area (Å²) >= 11 is 1.60. The van der Waals surface area contributed by atoms with Crippen molar-refractivity contribution in [2.75, 3.05) is 33.6 Å². The molecule has 3 aromatic rings. The number of rotatable bonds is 10. The normalized spacial score (nSPS) is 10.3. The van der Waals surface area contributed by atoms with E-state index in [0.717, 1.165) is 28.7 Å². The molecule has 2 aromatic carbocycles. The molecule has 0 bridgehead atoms. The van der Waals surface area contributed by atoms with Crippen LogP contribution in [0.2, 0.25) is 0 Å². The first-order chi connectivity index (χ1) is 13.8. The quantitative estimate of drug-likeness (QED) is 0.383. The lowest BCUT2D eigenvalue weighted by Gasteiger charge is -2.16. The molecule has 0 atom stereocenters. The molecule has 3 rings (SSSR count). The van der Waals surface area contributed by atoms with Crippen molar-refractivity contribution in [2.24, 2.45) is 0 Å². The summed E-state index contributed by atoms with van der Waals surface area (Å²) in [6.07, 6.45) is 0. The number of benzene rings is 2. The summed E-state index contributed by atoms with van der Waals surface area (Å²) < 4.78 is 18.0. The van der Waals surface area contributed by atoms with Crippen LogP contribution in [0, 0.1) is 0 Å². The highest BCUT2D eigenvalue weighted by molar-refractivity contribution is 7.99. The largest absolute Gasteiger partial charge is 0.493 e. The van der Waals surface area contributed by atoms with Gasteiger partial charge in [0.1, 0.15) is 0 Å². The molecule has 0 amide bonds. The van der Waals surface area contributed by atoms with E-state index in [9.17, 15) is 0 Å². The summed E-state index contributed by atoms with van der Waals surface area (Å²) in [7, 11) is 4.83. The molecule has 1 aromatic heterocycles. The smallest absolute Gasteiger partial charge is 0.214 e. The third kappa shape index (κ3) is 5.53. The Morgan fingerprint density at radius 3 is 2.41 bits per heavy atom. The lowest BCUT2D eigenvalue weighted by Crippen LogP contribution is -2.17. The van der Waals surface area contributed by atoms with Crippen LogP contribution in [0.15, 0.2) is 47.6 Å². The van der Waals surface area contributed by atoms with Crippen LogP contribution in [0.25, 0.3) is 5.69 Å². The molecule has 156 valence electrons. The average molecular weight is 438 g/mol. The molecule has 0 aliphatic carbocycles. The number of tetrazole rings is 1. The molecule has 0 aliphatic heterocycles. The standard InChI is InChI=1S/C19H23N5O3S.ClH/c1-25-16-10-9-14(17(26-2)18(16)27-3)13-20-11-12-28-19-21-22-23-24(19)15-7-5-4-6-8-15;/h4-10,20H,11-13H2,1-3H3;1H. The van der Waals surface area contributed by atoms with Crippen molar-refractivity contribution in [2.45, 2.75) is 11.7 Å². The van der Waals surface area contributed by atoms with Crippen molar-refractivity contribution < 1.29 is 14.2 Å². The van der Waals surface area contributed by atoms with Crippen LogP contribution in [-0.4, -0.2) is 53.8 Å². The first kappa shape index (κ1) is 22.8. The number of nitrogens with zero attached hydrogens (tertiary/aromatic N) is 4. The lowest BCUT2D eigenvalue weighted by atomic mass is 10.1. The Morgan fingerprint density at radius 1 is 0.966 bits per heavy atom. The maximum absolute atomic E-state index is 5.51. The molecule has 1 heterocycles. The maximum atomic E-state index is 5.51. The zero-order chi connectivity index (χ0) is 19.8. The Balaban J connectivity index is 0.00000300. The summed E-state index contributed by atoms with van der Waals surface area (Å²) in [4.78, 5) is 0. The maximum Gasteiger partial charge on any atom is 0.214 e. The molecule has 10 heteroatoms. The fourth-order valence-corrected chi connectivity index (χ4v) is 3.53. The molecule has 0 saturated heterocycles. The number of thioether (sulfide) groups is 1. The van der Waals surface area contributed by atoms with Crippen LogP contribution in [0.4, 0.5) is 0 Å². The highest BCUT2D eigenvalue weighted by atomic mass is 35.5. The molecule has 0 unspecified atom stereocenters. The first-order valence-electron chi connectivity index (χ1n) is 8.73. The molecular formula is C19H24ClN5O3S. The Bertz CT molecular complexity index is 895.